The molecule has 0 aliphatic heterocycles. The Hall–Kier alpha value is -1.10. The van der Waals surface area contributed by atoms with E-state index in [0.29, 0.717) is 29.7 Å². The van der Waals surface area contributed by atoms with Crippen LogP contribution in [0.25, 0.3) is 0 Å². The van der Waals surface area contributed by atoms with Gasteiger partial charge in [-0.05, 0) is 34.5 Å². The first-order valence-electron chi connectivity index (χ1n) is 5.28. The fraction of sp³-hybridized carbons (Fsp3) is 0.417. The summed E-state index contributed by atoms with van der Waals surface area (Å²) >= 11 is 3.07. The van der Waals surface area contributed by atoms with Crippen LogP contribution in [0.3, 0.4) is 0 Å². The van der Waals surface area contributed by atoms with Crippen LogP contribution < -0.4 is 4.74 Å². The molecule has 0 fully saturated rings. The second-order valence-corrected chi connectivity index (χ2v) is 4.67. The minimum absolute atomic E-state index is 0.0654. The molecule has 0 atom stereocenters. The third-order valence-electron chi connectivity index (χ3n) is 2.19. The van der Waals surface area contributed by atoms with Crippen LogP contribution in [-0.2, 0) is 4.79 Å². The molecule has 0 aliphatic rings. The summed E-state index contributed by atoms with van der Waals surface area (Å²) in [6.45, 7) is 0.403. The molecule has 0 radical (unpaired) electrons. The van der Waals surface area contributed by atoms with Gasteiger partial charge in [0.1, 0.15) is 11.6 Å². The molecule has 17 heavy (non-hydrogen) atoms. The van der Waals surface area contributed by atoms with Crippen LogP contribution in [0.5, 0.6) is 5.75 Å². The SMILES string of the molecule is CN(C)C(=O)CCCOc1ccc(Br)c(F)c1. The number of hydrogen-bond acceptors (Lipinski definition) is 2. The van der Waals surface area contributed by atoms with E-state index in [-0.39, 0.29) is 11.7 Å². The predicted octanol–water partition coefficient (Wildman–Crippen LogP) is 2.84. The van der Waals surface area contributed by atoms with Crippen molar-refractivity contribution in [1.29, 1.82) is 0 Å². The molecule has 5 heteroatoms. The van der Waals surface area contributed by atoms with Crippen molar-refractivity contribution in [2.45, 2.75) is 12.8 Å². The Kier molecular flexibility index (Phi) is 5.41. The van der Waals surface area contributed by atoms with Crippen LogP contribution in [0.2, 0.25) is 0 Å². The molecular formula is C12H15BrFNO2. The molecule has 0 bridgehead atoms. The van der Waals surface area contributed by atoms with Gasteiger partial charge in [-0.15, -0.1) is 0 Å². The number of ether oxygens (including phenoxy) is 1. The normalized spacial score (nSPS) is 10.1. The average molecular weight is 304 g/mol. The van der Waals surface area contributed by atoms with Gasteiger partial charge in [-0.1, -0.05) is 0 Å². The van der Waals surface area contributed by atoms with Crippen LogP contribution in [0.4, 0.5) is 4.39 Å². The second-order valence-electron chi connectivity index (χ2n) is 3.82. The number of amides is 1. The van der Waals surface area contributed by atoms with Crippen molar-refractivity contribution in [3.05, 3.63) is 28.5 Å². The standard InChI is InChI=1S/C12H15BrFNO2/c1-15(2)12(16)4-3-7-17-9-5-6-10(13)11(14)8-9/h5-6,8H,3-4,7H2,1-2H3. The maximum Gasteiger partial charge on any atom is 0.222 e. The number of carbonyl (C=O) groups is 1. The number of carbonyl (C=O) groups excluding carboxylic acids is 1. The van der Waals surface area contributed by atoms with Crippen molar-refractivity contribution in [2.24, 2.45) is 0 Å². The van der Waals surface area contributed by atoms with Gasteiger partial charge in [0.15, 0.2) is 0 Å². The number of nitrogens with zero attached hydrogens (tertiary/aromatic N) is 1. The first-order chi connectivity index (χ1) is 8.00. The first-order valence-corrected chi connectivity index (χ1v) is 6.08. The van der Waals surface area contributed by atoms with Crippen molar-refractivity contribution in [3.63, 3.8) is 0 Å². The van der Waals surface area contributed by atoms with Gasteiger partial charge in [-0.3, -0.25) is 4.79 Å². The maximum atomic E-state index is 13.1. The summed E-state index contributed by atoms with van der Waals surface area (Å²) in [4.78, 5) is 12.8. The minimum atomic E-state index is -0.355. The van der Waals surface area contributed by atoms with Gasteiger partial charge in [0.2, 0.25) is 5.91 Å². The summed E-state index contributed by atoms with van der Waals surface area (Å²) in [5.41, 5.74) is 0. The molecule has 1 rings (SSSR count). The van der Waals surface area contributed by atoms with Gasteiger partial charge in [-0.25, -0.2) is 4.39 Å². The molecular weight excluding hydrogens is 289 g/mol. The minimum Gasteiger partial charge on any atom is -0.493 e. The van der Waals surface area contributed by atoms with Crippen LogP contribution >= 0.6 is 15.9 Å². The molecule has 94 valence electrons. The number of rotatable bonds is 5. The Morgan fingerprint density at radius 1 is 1.47 bits per heavy atom. The third kappa shape index (κ3) is 4.73. The highest BCUT2D eigenvalue weighted by molar-refractivity contribution is 9.10. The van der Waals surface area contributed by atoms with Gasteiger partial charge >= 0.3 is 0 Å². The molecule has 0 spiro atoms. The largest absolute Gasteiger partial charge is 0.493 e. The summed E-state index contributed by atoms with van der Waals surface area (Å²) in [7, 11) is 3.43. The van der Waals surface area contributed by atoms with E-state index in [1.54, 1.807) is 31.1 Å². The van der Waals surface area contributed by atoms with E-state index in [4.69, 9.17) is 4.74 Å². The molecule has 1 amide bonds. The Labute approximate surface area is 109 Å². The first kappa shape index (κ1) is 14.0. The van der Waals surface area contributed by atoms with E-state index in [2.05, 4.69) is 15.9 Å². The molecule has 0 saturated carbocycles. The summed E-state index contributed by atoms with van der Waals surface area (Å²) in [5, 5.41) is 0. The van der Waals surface area contributed by atoms with E-state index in [0.717, 1.165) is 0 Å². The lowest BCUT2D eigenvalue weighted by Crippen LogP contribution is -2.21. The van der Waals surface area contributed by atoms with E-state index in [1.165, 1.54) is 6.07 Å². The highest BCUT2D eigenvalue weighted by Gasteiger charge is 2.04. The summed E-state index contributed by atoms with van der Waals surface area (Å²) in [6, 6.07) is 4.59. The molecule has 0 unspecified atom stereocenters. The molecule has 0 aliphatic carbocycles. The topological polar surface area (TPSA) is 29.5 Å². The maximum absolute atomic E-state index is 13.1. The van der Waals surface area contributed by atoms with Crippen molar-refractivity contribution in [3.8, 4) is 5.75 Å². The van der Waals surface area contributed by atoms with E-state index >= 15 is 0 Å². The fourth-order valence-electron chi connectivity index (χ4n) is 1.20. The van der Waals surface area contributed by atoms with Crippen LogP contribution in [-0.4, -0.2) is 31.5 Å². The highest BCUT2D eigenvalue weighted by atomic mass is 79.9. The third-order valence-corrected chi connectivity index (χ3v) is 2.84. The van der Waals surface area contributed by atoms with Crippen molar-refractivity contribution >= 4 is 21.8 Å². The number of halogens is 2. The van der Waals surface area contributed by atoms with Gasteiger partial charge in [0.25, 0.3) is 0 Å². The molecule has 0 aromatic heterocycles. The predicted molar refractivity (Wildman–Crippen MR) is 67.5 cm³/mol. The van der Waals surface area contributed by atoms with Gasteiger partial charge in [-0.2, -0.15) is 0 Å². The molecule has 0 heterocycles. The zero-order valence-corrected chi connectivity index (χ0v) is 11.5. The quantitative estimate of drug-likeness (QED) is 0.783. The number of hydrogen-bond donors (Lipinski definition) is 0. The smallest absolute Gasteiger partial charge is 0.222 e. The Bertz CT molecular complexity index is 396. The lowest BCUT2D eigenvalue weighted by molar-refractivity contribution is -0.128. The molecule has 0 N–H and O–H groups in total. The van der Waals surface area contributed by atoms with E-state index in [9.17, 15) is 9.18 Å². The molecule has 3 nitrogen and oxygen atoms in total. The van der Waals surface area contributed by atoms with Crippen molar-refractivity contribution in [2.75, 3.05) is 20.7 Å². The van der Waals surface area contributed by atoms with Crippen molar-refractivity contribution < 1.29 is 13.9 Å². The molecule has 1 aromatic carbocycles. The highest BCUT2D eigenvalue weighted by Crippen LogP contribution is 2.20. The van der Waals surface area contributed by atoms with Crippen LogP contribution in [0, 0.1) is 5.82 Å². The summed E-state index contributed by atoms with van der Waals surface area (Å²) in [5.74, 6) is 0.186. The molecule has 0 saturated heterocycles. The van der Waals surface area contributed by atoms with E-state index < -0.39 is 0 Å². The van der Waals surface area contributed by atoms with Crippen LogP contribution in [0.15, 0.2) is 22.7 Å². The lowest BCUT2D eigenvalue weighted by Gasteiger charge is -2.10. The Balaban J connectivity index is 2.31. The zero-order chi connectivity index (χ0) is 12.8. The van der Waals surface area contributed by atoms with Crippen molar-refractivity contribution in [1.82, 2.24) is 4.90 Å². The van der Waals surface area contributed by atoms with E-state index in [1.807, 2.05) is 0 Å². The zero-order valence-electron chi connectivity index (χ0n) is 9.87. The summed E-state index contributed by atoms with van der Waals surface area (Å²) < 4.78 is 18.9. The van der Waals surface area contributed by atoms with Gasteiger partial charge < -0.3 is 9.64 Å². The van der Waals surface area contributed by atoms with Gasteiger partial charge in [0.05, 0.1) is 11.1 Å². The summed E-state index contributed by atoms with van der Waals surface area (Å²) in [6.07, 6.45) is 1.06. The lowest BCUT2D eigenvalue weighted by atomic mass is 10.3. The molecule has 1 aromatic rings. The Morgan fingerprint density at radius 2 is 2.18 bits per heavy atom. The average Bonchev–Trinajstić information content (AvgIpc) is 2.28. The number of benzene rings is 1. The Morgan fingerprint density at radius 3 is 2.76 bits per heavy atom. The fourth-order valence-corrected chi connectivity index (χ4v) is 1.45. The second kappa shape index (κ2) is 6.59. The van der Waals surface area contributed by atoms with Gasteiger partial charge in [0, 0.05) is 26.6 Å². The monoisotopic (exact) mass is 303 g/mol. The van der Waals surface area contributed by atoms with Crippen LogP contribution in [0.1, 0.15) is 12.8 Å².